The lowest BCUT2D eigenvalue weighted by atomic mass is 9.93. The molecule has 0 amide bonds. The summed E-state index contributed by atoms with van der Waals surface area (Å²) in [5, 5.41) is 6.55. The Kier molecular flexibility index (Phi) is 13.5. The van der Waals surface area contributed by atoms with Crippen molar-refractivity contribution in [1.29, 1.82) is 0 Å². The third-order valence-electron chi connectivity index (χ3n) is 5.26. The standard InChI is InChI=1S/C19H35F3N4O2.HI/c1-23-18(24-8-3-12-27-14-17-4-2-13-28-17)25-9-5-16-6-10-26(11-7-16)15-19(20,21)22;/h16-17H,2-15H2,1H3,(H2,23,24,25);1H. The number of hydrogen-bond donors (Lipinski definition) is 2. The van der Waals surface area contributed by atoms with Gasteiger partial charge < -0.3 is 20.1 Å². The minimum Gasteiger partial charge on any atom is -0.379 e. The van der Waals surface area contributed by atoms with Crippen molar-refractivity contribution in [2.75, 3.05) is 59.6 Å². The molecule has 0 aromatic carbocycles. The smallest absolute Gasteiger partial charge is 0.379 e. The van der Waals surface area contributed by atoms with Gasteiger partial charge in [0.05, 0.1) is 19.3 Å². The number of piperidine rings is 1. The molecular formula is C19H36F3IN4O2. The molecule has 0 spiro atoms. The molecule has 0 saturated carbocycles. The third-order valence-corrected chi connectivity index (χ3v) is 5.26. The number of nitrogens with one attached hydrogen (secondary N) is 2. The van der Waals surface area contributed by atoms with E-state index in [0.717, 1.165) is 64.2 Å². The molecule has 1 atom stereocenters. The number of aliphatic imine (C=N–C) groups is 1. The maximum Gasteiger partial charge on any atom is 0.401 e. The average Bonchev–Trinajstić information content (AvgIpc) is 3.16. The zero-order valence-corrected chi connectivity index (χ0v) is 19.6. The molecule has 0 aromatic heterocycles. The van der Waals surface area contributed by atoms with Crippen molar-refractivity contribution in [2.45, 2.75) is 50.8 Å². The number of guanidine groups is 1. The molecule has 0 aliphatic carbocycles. The van der Waals surface area contributed by atoms with E-state index in [1.54, 1.807) is 7.05 Å². The maximum absolute atomic E-state index is 12.4. The van der Waals surface area contributed by atoms with Gasteiger partial charge in [-0.15, -0.1) is 24.0 Å². The Hall–Kier alpha value is -0.330. The summed E-state index contributed by atoms with van der Waals surface area (Å²) in [4.78, 5) is 5.71. The van der Waals surface area contributed by atoms with Crippen molar-refractivity contribution in [3.8, 4) is 0 Å². The molecule has 2 N–H and O–H groups in total. The van der Waals surface area contributed by atoms with Crippen LogP contribution >= 0.6 is 24.0 Å². The summed E-state index contributed by atoms with van der Waals surface area (Å²) in [6.07, 6.45) is 1.89. The van der Waals surface area contributed by atoms with Gasteiger partial charge in [-0.3, -0.25) is 9.89 Å². The fourth-order valence-electron chi connectivity index (χ4n) is 3.67. The number of alkyl halides is 3. The topological polar surface area (TPSA) is 58.1 Å². The van der Waals surface area contributed by atoms with Crippen LogP contribution in [0.15, 0.2) is 4.99 Å². The first-order valence-corrected chi connectivity index (χ1v) is 10.4. The van der Waals surface area contributed by atoms with E-state index in [-0.39, 0.29) is 30.1 Å². The molecule has 10 heteroatoms. The highest BCUT2D eigenvalue weighted by atomic mass is 127. The predicted molar refractivity (Wildman–Crippen MR) is 119 cm³/mol. The Balaban J connectivity index is 0.00000420. The van der Waals surface area contributed by atoms with Crippen LogP contribution in [0.3, 0.4) is 0 Å². The highest BCUT2D eigenvalue weighted by Crippen LogP contribution is 2.23. The van der Waals surface area contributed by atoms with Gasteiger partial charge in [-0.1, -0.05) is 0 Å². The van der Waals surface area contributed by atoms with Gasteiger partial charge in [-0.25, -0.2) is 0 Å². The number of halogens is 4. The summed E-state index contributed by atoms with van der Waals surface area (Å²) in [5.41, 5.74) is 0. The number of hydrogen-bond acceptors (Lipinski definition) is 4. The Morgan fingerprint density at radius 3 is 2.52 bits per heavy atom. The number of likely N-dealkylation sites (tertiary alicyclic amines) is 1. The molecule has 2 fully saturated rings. The molecule has 0 bridgehead atoms. The zero-order valence-electron chi connectivity index (χ0n) is 17.3. The quantitative estimate of drug-likeness (QED) is 0.195. The van der Waals surface area contributed by atoms with Crippen molar-refractivity contribution in [3.05, 3.63) is 0 Å². The third kappa shape index (κ3) is 12.2. The number of nitrogens with zero attached hydrogens (tertiary/aromatic N) is 2. The van der Waals surface area contributed by atoms with Crippen LogP contribution in [0.2, 0.25) is 0 Å². The Labute approximate surface area is 189 Å². The van der Waals surface area contributed by atoms with Gasteiger partial charge in [0.15, 0.2) is 5.96 Å². The van der Waals surface area contributed by atoms with Gasteiger partial charge in [-0.2, -0.15) is 13.2 Å². The SMILES string of the molecule is CN=C(NCCCOCC1CCCO1)NCCC1CCN(CC(F)(F)F)CC1.I. The van der Waals surface area contributed by atoms with Crippen LogP contribution in [0.4, 0.5) is 13.2 Å². The summed E-state index contributed by atoms with van der Waals surface area (Å²) in [7, 11) is 1.74. The summed E-state index contributed by atoms with van der Waals surface area (Å²) < 4.78 is 48.4. The van der Waals surface area contributed by atoms with E-state index in [4.69, 9.17) is 9.47 Å². The fraction of sp³-hybridized carbons (Fsp3) is 0.947. The summed E-state index contributed by atoms with van der Waals surface area (Å²) in [6, 6.07) is 0. The van der Waals surface area contributed by atoms with Crippen molar-refractivity contribution in [2.24, 2.45) is 10.9 Å². The summed E-state index contributed by atoms with van der Waals surface area (Å²) in [6.45, 7) is 4.05. The Bertz CT molecular complexity index is 455. The van der Waals surface area contributed by atoms with E-state index >= 15 is 0 Å². The normalized spacial score (nSPS) is 21.8. The second-order valence-electron chi connectivity index (χ2n) is 7.61. The van der Waals surface area contributed by atoms with Crippen LogP contribution in [0.1, 0.15) is 38.5 Å². The van der Waals surface area contributed by atoms with E-state index in [9.17, 15) is 13.2 Å². The Morgan fingerprint density at radius 1 is 1.17 bits per heavy atom. The molecule has 0 aromatic rings. The first-order chi connectivity index (χ1) is 13.5. The van der Waals surface area contributed by atoms with Gasteiger partial charge >= 0.3 is 6.18 Å². The highest BCUT2D eigenvalue weighted by molar-refractivity contribution is 14.0. The number of rotatable bonds is 10. The molecule has 2 aliphatic heterocycles. The van der Waals surface area contributed by atoms with Gasteiger partial charge in [-0.05, 0) is 57.5 Å². The van der Waals surface area contributed by atoms with Crippen LogP contribution in [0, 0.1) is 5.92 Å². The van der Waals surface area contributed by atoms with E-state index in [0.29, 0.717) is 32.2 Å². The molecule has 1 unspecified atom stereocenters. The largest absolute Gasteiger partial charge is 0.401 e. The van der Waals surface area contributed by atoms with E-state index in [1.807, 2.05) is 0 Å². The summed E-state index contributed by atoms with van der Waals surface area (Å²) in [5.74, 6) is 1.23. The molecule has 2 saturated heterocycles. The van der Waals surface area contributed by atoms with Crippen LogP contribution in [0.5, 0.6) is 0 Å². The first-order valence-electron chi connectivity index (χ1n) is 10.4. The molecular weight excluding hydrogens is 500 g/mol. The average molecular weight is 536 g/mol. The molecule has 2 heterocycles. The molecule has 0 radical (unpaired) electrons. The van der Waals surface area contributed by atoms with Crippen molar-refractivity contribution >= 4 is 29.9 Å². The second-order valence-corrected chi connectivity index (χ2v) is 7.61. The second kappa shape index (κ2) is 14.6. The minimum atomic E-state index is -4.10. The maximum atomic E-state index is 12.4. The summed E-state index contributed by atoms with van der Waals surface area (Å²) >= 11 is 0. The first kappa shape index (κ1) is 26.7. The van der Waals surface area contributed by atoms with E-state index in [1.165, 1.54) is 4.90 Å². The van der Waals surface area contributed by atoms with Crippen molar-refractivity contribution in [1.82, 2.24) is 15.5 Å². The van der Waals surface area contributed by atoms with Gasteiger partial charge in [0.1, 0.15) is 0 Å². The van der Waals surface area contributed by atoms with Gasteiger partial charge in [0.25, 0.3) is 0 Å². The molecule has 2 rings (SSSR count). The molecule has 2 aliphatic rings. The van der Waals surface area contributed by atoms with Gasteiger partial charge in [0, 0.05) is 33.4 Å². The van der Waals surface area contributed by atoms with Gasteiger partial charge in [0.2, 0.25) is 0 Å². The van der Waals surface area contributed by atoms with Crippen LogP contribution < -0.4 is 10.6 Å². The zero-order chi connectivity index (χ0) is 20.2. The fourth-order valence-corrected chi connectivity index (χ4v) is 3.67. The van der Waals surface area contributed by atoms with Crippen LogP contribution in [-0.2, 0) is 9.47 Å². The lowest BCUT2D eigenvalue weighted by molar-refractivity contribution is -0.148. The van der Waals surface area contributed by atoms with E-state index in [2.05, 4.69) is 15.6 Å². The highest BCUT2D eigenvalue weighted by Gasteiger charge is 2.32. The lowest BCUT2D eigenvalue weighted by Crippen LogP contribution is -2.41. The van der Waals surface area contributed by atoms with Crippen molar-refractivity contribution in [3.63, 3.8) is 0 Å². The monoisotopic (exact) mass is 536 g/mol. The Morgan fingerprint density at radius 2 is 1.90 bits per heavy atom. The van der Waals surface area contributed by atoms with Crippen molar-refractivity contribution < 1.29 is 22.6 Å². The van der Waals surface area contributed by atoms with E-state index < -0.39 is 12.7 Å². The number of ether oxygens (including phenoxy) is 2. The van der Waals surface area contributed by atoms with Crippen LogP contribution in [-0.4, -0.2) is 82.7 Å². The molecule has 29 heavy (non-hydrogen) atoms. The minimum absolute atomic E-state index is 0. The molecule has 6 nitrogen and oxygen atoms in total. The van der Waals surface area contributed by atoms with Crippen LogP contribution in [0.25, 0.3) is 0 Å². The predicted octanol–water partition coefficient (Wildman–Crippen LogP) is 3.02. The molecule has 172 valence electrons. The lowest BCUT2D eigenvalue weighted by Gasteiger charge is -2.32.